The van der Waals surface area contributed by atoms with Gasteiger partial charge in [-0.2, -0.15) is 0 Å². The Morgan fingerprint density at radius 2 is 1.30 bits per heavy atom. The zero-order valence-corrected chi connectivity index (χ0v) is 30.7. The van der Waals surface area contributed by atoms with Crippen molar-refractivity contribution >= 4 is 21.9 Å². The third-order valence-electron chi connectivity index (χ3n) is 9.33. The van der Waals surface area contributed by atoms with Crippen molar-refractivity contribution in [3.63, 3.8) is 0 Å². The predicted octanol–water partition coefficient (Wildman–Crippen LogP) is 11.4. The van der Waals surface area contributed by atoms with Crippen LogP contribution in [-0.4, -0.2) is 19.6 Å². The van der Waals surface area contributed by atoms with Crippen molar-refractivity contribution in [3.8, 4) is 56.2 Å². The summed E-state index contributed by atoms with van der Waals surface area (Å²) in [5.74, 6) is 0.861. The molecule has 6 aromatic carbocycles. The molecule has 0 saturated heterocycles. The first-order chi connectivity index (χ1) is 23.8. The third-order valence-corrected chi connectivity index (χ3v) is 9.33. The van der Waals surface area contributed by atoms with Crippen molar-refractivity contribution in [2.45, 2.75) is 33.1 Å². The normalized spacial score (nSPS) is 11.5. The molecule has 0 radical (unpaired) electrons. The number of aromatic hydroxyl groups is 1. The van der Waals surface area contributed by atoms with Gasteiger partial charge in [-0.05, 0) is 70.8 Å². The van der Waals surface area contributed by atoms with E-state index < -0.39 is 0 Å². The zero-order chi connectivity index (χ0) is 33.7. The first kappa shape index (κ1) is 33.2. The molecule has 0 fully saturated rings. The number of hydrogen-bond donors (Lipinski definition) is 1. The molecule has 0 aliphatic carbocycles. The van der Waals surface area contributed by atoms with E-state index in [0.717, 1.165) is 61.0 Å². The molecule has 0 aliphatic heterocycles. The van der Waals surface area contributed by atoms with Gasteiger partial charge in [-0.3, -0.25) is 9.55 Å². The maximum absolute atomic E-state index is 11.0. The van der Waals surface area contributed by atoms with E-state index in [1.54, 1.807) is 6.07 Å². The Kier molecular flexibility index (Phi) is 8.76. The van der Waals surface area contributed by atoms with Gasteiger partial charge in [-0.15, -0.1) is 29.3 Å². The van der Waals surface area contributed by atoms with Crippen LogP contribution >= 0.6 is 0 Å². The Morgan fingerprint density at radius 1 is 0.640 bits per heavy atom. The van der Waals surface area contributed by atoms with E-state index in [1.807, 2.05) is 48.7 Å². The summed E-state index contributed by atoms with van der Waals surface area (Å²) in [4.78, 5) is 10.2. The van der Waals surface area contributed by atoms with Crippen molar-refractivity contribution in [2.24, 2.45) is 0 Å². The monoisotopic (exact) mass is 829 g/mol. The van der Waals surface area contributed by atoms with Gasteiger partial charge >= 0.3 is 0 Å². The molecule has 0 atom stereocenters. The number of hydrogen-bond acceptors (Lipinski definition) is 3. The van der Waals surface area contributed by atoms with Crippen molar-refractivity contribution in [1.82, 2.24) is 14.5 Å². The first-order valence-corrected chi connectivity index (χ1v) is 16.6. The SMILES string of the molecule is Cc1ccnc2c(-c3[c-]c(-c4cccc5c4nc(-c4ccccc4O)n5-c4ccccc4)cc(-c4ccccc4)c3)cc(C(C)(C)C)cc12.[Pt]. The third kappa shape index (κ3) is 5.95. The van der Waals surface area contributed by atoms with Crippen molar-refractivity contribution in [1.29, 1.82) is 0 Å². The number of benzene rings is 6. The minimum Gasteiger partial charge on any atom is -0.507 e. The number of aryl methyl sites for hydroxylation is 1. The fourth-order valence-electron chi connectivity index (χ4n) is 6.68. The molecular weight excluding hydrogens is 794 g/mol. The Balaban J connectivity index is 0.00000392. The van der Waals surface area contributed by atoms with Crippen molar-refractivity contribution in [3.05, 3.63) is 157 Å². The number of phenols is 1. The summed E-state index contributed by atoms with van der Waals surface area (Å²) in [5.41, 5.74) is 12.9. The molecule has 0 bridgehead atoms. The van der Waals surface area contributed by atoms with E-state index in [4.69, 9.17) is 9.97 Å². The van der Waals surface area contributed by atoms with Crippen LogP contribution in [0.25, 0.3) is 72.4 Å². The summed E-state index contributed by atoms with van der Waals surface area (Å²) in [6, 6.07) is 49.3. The van der Waals surface area contributed by atoms with E-state index in [0.29, 0.717) is 11.4 Å². The van der Waals surface area contributed by atoms with Gasteiger partial charge in [0.15, 0.2) is 0 Å². The summed E-state index contributed by atoms with van der Waals surface area (Å²) in [6.45, 7) is 8.92. The fraction of sp³-hybridized carbons (Fsp3) is 0.111. The van der Waals surface area contributed by atoms with Crippen molar-refractivity contribution < 1.29 is 26.2 Å². The van der Waals surface area contributed by atoms with Crippen LogP contribution in [0.2, 0.25) is 0 Å². The standard InChI is InChI=1S/C45H36N3O.Pt/c1-29-22-23-46-42-38(29)27-34(45(2,3)4)28-39(42)33-25-31(30-14-7-5-8-15-30)24-32(26-33)36-19-13-20-40-43(36)47-44(37-18-11-12-21-41(37)49)48(40)35-16-9-6-10-17-35;/h5-25,27-28,49H,1-4H3;/q-1;. The maximum atomic E-state index is 11.0. The Labute approximate surface area is 307 Å². The topological polar surface area (TPSA) is 50.9 Å². The predicted molar refractivity (Wildman–Crippen MR) is 202 cm³/mol. The number of pyridine rings is 1. The van der Waals surface area contributed by atoms with Gasteiger partial charge in [-0.1, -0.05) is 122 Å². The van der Waals surface area contributed by atoms with Crippen LogP contribution in [0.15, 0.2) is 140 Å². The molecule has 2 aromatic heterocycles. The van der Waals surface area contributed by atoms with Gasteiger partial charge < -0.3 is 5.11 Å². The van der Waals surface area contributed by atoms with Gasteiger partial charge in [-0.25, -0.2) is 4.98 Å². The van der Waals surface area contributed by atoms with Gasteiger partial charge in [0.2, 0.25) is 0 Å². The molecule has 8 aromatic rings. The average molecular weight is 830 g/mol. The van der Waals surface area contributed by atoms with Gasteiger partial charge in [0.25, 0.3) is 0 Å². The number of imidazole rings is 1. The Morgan fingerprint density at radius 3 is 2.02 bits per heavy atom. The minimum atomic E-state index is -0.0552. The number of aromatic nitrogens is 3. The fourth-order valence-corrected chi connectivity index (χ4v) is 6.68. The first-order valence-electron chi connectivity index (χ1n) is 16.6. The van der Waals surface area contributed by atoms with Gasteiger partial charge in [0.05, 0.1) is 16.6 Å². The number of phenolic OH excluding ortho intramolecular Hbond substituents is 1. The van der Waals surface area contributed by atoms with Crippen LogP contribution in [0.4, 0.5) is 0 Å². The second kappa shape index (κ2) is 13.2. The quantitative estimate of drug-likeness (QED) is 0.176. The van der Waals surface area contributed by atoms with E-state index >= 15 is 0 Å². The zero-order valence-electron chi connectivity index (χ0n) is 28.4. The molecule has 0 amide bonds. The molecule has 0 unspecified atom stereocenters. The Hall–Kier alpha value is -5.31. The minimum absolute atomic E-state index is 0. The molecule has 0 spiro atoms. The second-order valence-corrected chi connectivity index (χ2v) is 13.7. The summed E-state index contributed by atoms with van der Waals surface area (Å²) in [7, 11) is 0. The molecule has 2 heterocycles. The van der Waals surface area contributed by atoms with Crippen LogP contribution in [-0.2, 0) is 26.5 Å². The second-order valence-electron chi connectivity index (χ2n) is 13.7. The number of fused-ring (bicyclic) bond motifs is 2. The number of nitrogens with zero attached hydrogens (tertiary/aromatic N) is 3. The summed E-state index contributed by atoms with van der Waals surface area (Å²) in [6.07, 6.45) is 1.90. The molecule has 4 nitrogen and oxygen atoms in total. The van der Waals surface area contributed by atoms with Gasteiger partial charge in [0.1, 0.15) is 11.6 Å². The van der Waals surface area contributed by atoms with Crippen LogP contribution in [0.1, 0.15) is 31.9 Å². The van der Waals surface area contributed by atoms with Crippen LogP contribution in [0.3, 0.4) is 0 Å². The number of para-hydroxylation sites is 3. The van der Waals surface area contributed by atoms with Crippen LogP contribution < -0.4 is 0 Å². The van der Waals surface area contributed by atoms with Crippen LogP contribution in [0.5, 0.6) is 5.75 Å². The number of rotatable bonds is 5. The van der Waals surface area contributed by atoms with E-state index in [9.17, 15) is 5.11 Å². The summed E-state index contributed by atoms with van der Waals surface area (Å²) >= 11 is 0. The molecule has 0 aliphatic rings. The average Bonchev–Trinajstić information content (AvgIpc) is 3.51. The molecule has 5 heteroatoms. The Bertz CT molecular complexity index is 2500. The van der Waals surface area contributed by atoms with Gasteiger partial charge in [0, 0.05) is 38.5 Å². The largest absolute Gasteiger partial charge is 0.507 e. The summed E-state index contributed by atoms with van der Waals surface area (Å²) < 4.78 is 2.13. The van der Waals surface area contributed by atoms with E-state index in [1.165, 1.54) is 11.1 Å². The van der Waals surface area contributed by atoms with Crippen LogP contribution in [0, 0.1) is 13.0 Å². The molecular formula is C45H36N3OPt-. The summed E-state index contributed by atoms with van der Waals surface area (Å²) in [5, 5.41) is 12.1. The molecule has 1 N–H and O–H groups in total. The maximum Gasteiger partial charge on any atom is 0.148 e. The van der Waals surface area contributed by atoms with Crippen molar-refractivity contribution in [2.75, 3.05) is 0 Å². The van der Waals surface area contributed by atoms with E-state index in [-0.39, 0.29) is 32.2 Å². The smallest absolute Gasteiger partial charge is 0.148 e. The molecule has 50 heavy (non-hydrogen) atoms. The molecule has 0 saturated carbocycles. The molecule has 248 valence electrons. The van der Waals surface area contributed by atoms with E-state index in [2.05, 4.69) is 123 Å². The molecule has 8 rings (SSSR count).